The number of carbonyl (C=O) groups is 1. The summed E-state index contributed by atoms with van der Waals surface area (Å²) < 4.78 is 44.3. The van der Waals surface area contributed by atoms with Gasteiger partial charge in [0.1, 0.15) is 6.04 Å². The summed E-state index contributed by atoms with van der Waals surface area (Å²) in [6.45, 7) is 3.53. The molecule has 0 spiro atoms. The van der Waals surface area contributed by atoms with Crippen LogP contribution in [0.2, 0.25) is 0 Å². The van der Waals surface area contributed by atoms with Crippen molar-refractivity contribution >= 4 is 27.3 Å². The number of benzene rings is 1. The van der Waals surface area contributed by atoms with E-state index in [1.165, 1.54) is 6.07 Å². The molecule has 0 saturated heterocycles. The van der Waals surface area contributed by atoms with E-state index in [2.05, 4.69) is 20.4 Å². The number of amides is 1. The Morgan fingerprint density at radius 1 is 1.20 bits per heavy atom. The van der Waals surface area contributed by atoms with Crippen molar-refractivity contribution in [3.05, 3.63) is 64.6 Å². The van der Waals surface area contributed by atoms with Crippen molar-refractivity contribution in [2.45, 2.75) is 26.1 Å². The van der Waals surface area contributed by atoms with E-state index in [1.54, 1.807) is 25.3 Å². The smallest absolute Gasteiger partial charge is 0.340 e. The van der Waals surface area contributed by atoms with Crippen LogP contribution in [-0.4, -0.2) is 21.0 Å². The summed E-state index contributed by atoms with van der Waals surface area (Å²) in [6.07, 6.45) is -2.80. The lowest BCUT2D eigenvalue weighted by Crippen LogP contribution is -2.26. The third-order valence-corrected chi connectivity index (χ3v) is 5.48. The second-order valence-corrected chi connectivity index (χ2v) is 7.78. The molecule has 1 aromatic carbocycles. The molecule has 1 amide bonds. The molecule has 4 aromatic rings. The zero-order valence-electron chi connectivity index (χ0n) is 15.8. The molecule has 3 aromatic heterocycles. The maximum absolute atomic E-state index is 12.9. The molecule has 3 heterocycles. The molecule has 0 radical (unpaired) electrons. The molecule has 1 atom stereocenters. The van der Waals surface area contributed by atoms with E-state index < -0.39 is 23.7 Å². The average Bonchev–Trinajstić information content (AvgIpc) is 3.34. The number of alkyl halides is 3. The zero-order valence-corrected chi connectivity index (χ0v) is 16.6. The van der Waals surface area contributed by atoms with Gasteiger partial charge in [0.15, 0.2) is 0 Å². The summed E-state index contributed by atoms with van der Waals surface area (Å²) in [5.74, 6) is 0.156. The van der Waals surface area contributed by atoms with Crippen molar-refractivity contribution < 1.29 is 22.5 Å². The first-order chi connectivity index (χ1) is 14.2. The SMILES string of the molecule is Cc1cc(-c2noc([C@H](C)NC(=O)c3cc4ccc(C(F)(F)F)cc4s3)n2)ccn1. The lowest BCUT2D eigenvalue weighted by atomic mass is 10.1. The minimum Gasteiger partial charge on any atom is -0.340 e. The maximum Gasteiger partial charge on any atom is 0.416 e. The standard InChI is InChI=1S/C20H15F3N4O2S/c1-10-7-13(5-6-24-10)17-26-19(29-27-17)11(2)25-18(28)16-8-12-3-4-14(20(21,22)23)9-15(12)30-16/h3-9,11H,1-2H3,(H,25,28)/t11-/m0/s1. The van der Waals surface area contributed by atoms with Crippen molar-refractivity contribution in [3.63, 3.8) is 0 Å². The number of fused-ring (bicyclic) bond motifs is 1. The highest BCUT2D eigenvalue weighted by atomic mass is 32.1. The fourth-order valence-electron chi connectivity index (χ4n) is 2.86. The van der Waals surface area contributed by atoms with Gasteiger partial charge in [0.25, 0.3) is 5.91 Å². The number of carbonyl (C=O) groups excluding carboxylic acids is 1. The monoisotopic (exact) mass is 432 g/mol. The Balaban J connectivity index is 1.51. The minimum absolute atomic E-state index is 0.216. The fourth-order valence-corrected chi connectivity index (χ4v) is 3.87. The summed E-state index contributed by atoms with van der Waals surface area (Å²) in [7, 11) is 0. The number of nitrogens with one attached hydrogen (secondary N) is 1. The van der Waals surface area contributed by atoms with Gasteiger partial charge in [-0.2, -0.15) is 18.2 Å². The number of hydrogen-bond acceptors (Lipinski definition) is 6. The molecular weight excluding hydrogens is 417 g/mol. The second kappa shape index (κ2) is 7.52. The molecule has 154 valence electrons. The first-order valence-corrected chi connectivity index (χ1v) is 9.70. The topological polar surface area (TPSA) is 80.9 Å². The Morgan fingerprint density at radius 3 is 2.73 bits per heavy atom. The molecule has 0 bridgehead atoms. The Morgan fingerprint density at radius 2 is 2.00 bits per heavy atom. The predicted octanol–water partition coefficient (Wildman–Crippen LogP) is 5.16. The number of thiophene rings is 1. The molecule has 10 heteroatoms. The predicted molar refractivity (Wildman–Crippen MR) is 105 cm³/mol. The van der Waals surface area contributed by atoms with Crippen LogP contribution in [0.4, 0.5) is 13.2 Å². The van der Waals surface area contributed by atoms with Crippen LogP contribution in [0, 0.1) is 6.92 Å². The lowest BCUT2D eigenvalue weighted by molar-refractivity contribution is -0.137. The quantitative estimate of drug-likeness (QED) is 0.482. The van der Waals surface area contributed by atoms with Gasteiger partial charge in [0, 0.05) is 22.2 Å². The maximum atomic E-state index is 12.9. The largest absolute Gasteiger partial charge is 0.416 e. The van der Waals surface area contributed by atoms with Crippen molar-refractivity contribution in [3.8, 4) is 11.4 Å². The first-order valence-electron chi connectivity index (χ1n) is 8.89. The summed E-state index contributed by atoms with van der Waals surface area (Å²) in [6, 6.07) is 7.93. The third-order valence-electron chi connectivity index (χ3n) is 4.39. The van der Waals surface area contributed by atoms with E-state index in [9.17, 15) is 18.0 Å². The summed E-state index contributed by atoms with van der Waals surface area (Å²) in [5.41, 5.74) is 0.793. The van der Waals surface area contributed by atoms with Gasteiger partial charge in [0.05, 0.1) is 10.4 Å². The molecule has 0 aliphatic rings. The van der Waals surface area contributed by atoms with Crippen LogP contribution in [-0.2, 0) is 6.18 Å². The Labute approximate surface area is 172 Å². The third kappa shape index (κ3) is 4.04. The lowest BCUT2D eigenvalue weighted by Gasteiger charge is -2.08. The number of pyridine rings is 1. The van der Waals surface area contributed by atoms with Crippen molar-refractivity contribution in [2.24, 2.45) is 0 Å². The molecule has 0 aliphatic heterocycles. The van der Waals surface area contributed by atoms with Gasteiger partial charge < -0.3 is 9.84 Å². The number of rotatable bonds is 4. The normalized spacial score (nSPS) is 12.8. The van der Waals surface area contributed by atoms with Gasteiger partial charge in [-0.3, -0.25) is 9.78 Å². The average molecular weight is 432 g/mol. The van der Waals surface area contributed by atoms with Crippen LogP contribution in [0.15, 0.2) is 47.1 Å². The fraction of sp³-hybridized carbons (Fsp3) is 0.200. The molecular formula is C20H15F3N4O2S. The number of nitrogens with zero attached hydrogens (tertiary/aromatic N) is 3. The molecule has 0 aliphatic carbocycles. The molecule has 0 fully saturated rings. The van der Waals surface area contributed by atoms with Gasteiger partial charge in [0.2, 0.25) is 11.7 Å². The second-order valence-electron chi connectivity index (χ2n) is 6.70. The highest BCUT2D eigenvalue weighted by Gasteiger charge is 2.30. The summed E-state index contributed by atoms with van der Waals surface area (Å²) >= 11 is 0.991. The van der Waals surface area contributed by atoms with Crippen LogP contribution < -0.4 is 5.32 Å². The van der Waals surface area contributed by atoms with E-state index >= 15 is 0 Å². The highest BCUT2D eigenvalue weighted by Crippen LogP contribution is 2.34. The van der Waals surface area contributed by atoms with E-state index in [1.807, 2.05) is 13.0 Å². The number of aromatic nitrogens is 3. The Bertz CT molecular complexity index is 1230. The van der Waals surface area contributed by atoms with Crippen LogP contribution >= 0.6 is 11.3 Å². The van der Waals surface area contributed by atoms with Gasteiger partial charge in [-0.15, -0.1) is 11.3 Å². The molecule has 4 rings (SSSR count). The highest BCUT2D eigenvalue weighted by molar-refractivity contribution is 7.20. The molecule has 30 heavy (non-hydrogen) atoms. The van der Waals surface area contributed by atoms with E-state index in [0.717, 1.165) is 34.7 Å². The summed E-state index contributed by atoms with van der Waals surface area (Å²) in [5, 5.41) is 7.23. The molecule has 0 unspecified atom stereocenters. The molecule has 0 saturated carbocycles. The number of aryl methyl sites for hydroxylation is 1. The zero-order chi connectivity index (χ0) is 21.5. The van der Waals surface area contributed by atoms with E-state index in [0.29, 0.717) is 20.8 Å². The minimum atomic E-state index is -4.43. The van der Waals surface area contributed by atoms with Gasteiger partial charge in [-0.1, -0.05) is 11.2 Å². The Kier molecular flexibility index (Phi) is 5.02. The molecule has 1 N–H and O–H groups in total. The van der Waals surface area contributed by atoms with Crippen molar-refractivity contribution in [1.29, 1.82) is 0 Å². The molecule has 6 nitrogen and oxygen atoms in total. The number of halogens is 3. The van der Waals surface area contributed by atoms with Crippen LogP contribution in [0.1, 0.15) is 39.8 Å². The first kappa shape index (κ1) is 20.0. The van der Waals surface area contributed by atoms with Crippen molar-refractivity contribution in [2.75, 3.05) is 0 Å². The van der Waals surface area contributed by atoms with Crippen LogP contribution in [0.25, 0.3) is 21.5 Å². The van der Waals surface area contributed by atoms with Crippen LogP contribution in [0.5, 0.6) is 0 Å². The Hall–Kier alpha value is -3.27. The van der Waals surface area contributed by atoms with E-state index in [-0.39, 0.29) is 5.89 Å². The number of hydrogen-bond donors (Lipinski definition) is 1. The summed E-state index contributed by atoms with van der Waals surface area (Å²) in [4.78, 5) is 21.3. The van der Waals surface area contributed by atoms with Gasteiger partial charge in [-0.05, 0) is 49.6 Å². The van der Waals surface area contributed by atoms with Crippen molar-refractivity contribution in [1.82, 2.24) is 20.4 Å². The van der Waals surface area contributed by atoms with E-state index in [4.69, 9.17) is 4.52 Å². The van der Waals surface area contributed by atoms with Gasteiger partial charge in [-0.25, -0.2) is 0 Å². The van der Waals surface area contributed by atoms with Crippen LogP contribution in [0.3, 0.4) is 0 Å². The van der Waals surface area contributed by atoms with Gasteiger partial charge >= 0.3 is 6.18 Å².